The Hall–Kier alpha value is -1.66. The SMILES string of the molecule is CCC(C)(O)P(=O)(O)OC(C)[C@H]1c2nc3c(N)ncnc3n2[C@@H]2OC1[C@@H](O)[C@H]2O. The molecule has 0 spiro atoms. The number of fused-ring (bicyclic) bond motifs is 6. The van der Waals surface area contributed by atoms with E-state index in [9.17, 15) is 24.8 Å². The molecule has 2 aliphatic rings. The number of aliphatic hydroxyl groups excluding tert-OH is 2. The molecule has 1 fully saturated rings. The highest BCUT2D eigenvalue weighted by Crippen LogP contribution is 2.58. The van der Waals surface area contributed by atoms with Gasteiger partial charge in [-0.25, -0.2) is 15.0 Å². The summed E-state index contributed by atoms with van der Waals surface area (Å²) in [5.41, 5.74) is 6.48. The van der Waals surface area contributed by atoms with Crippen LogP contribution in [0.2, 0.25) is 0 Å². The molecule has 1 saturated heterocycles. The molecular formula is C16H24N5O7P. The van der Waals surface area contributed by atoms with Crippen LogP contribution in [0.4, 0.5) is 5.82 Å². The molecule has 0 aromatic carbocycles. The molecule has 160 valence electrons. The van der Waals surface area contributed by atoms with Gasteiger partial charge in [0.25, 0.3) is 0 Å². The van der Waals surface area contributed by atoms with Crippen molar-refractivity contribution in [2.45, 2.75) is 69.1 Å². The fourth-order valence-electron chi connectivity index (χ4n) is 3.85. The zero-order chi connectivity index (χ0) is 21.3. The molecule has 0 saturated carbocycles. The van der Waals surface area contributed by atoms with Gasteiger partial charge < -0.3 is 35.2 Å². The summed E-state index contributed by atoms with van der Waals surface area (Å²) in [5, 5.41) is 29.3. The number of aliphatic hydroxyl groups is 3. The summed E-state index contributed by atoms with van der Waals surface area (Å²) in [5.74, 6) is -0.398. The van der Waals surface area contributed by atoms with E-state index in [0.29, 0.717) is 11.5 Å². The van der Waals surface area contributed by atoms with Crippen LogP contribution in [0.3, 0.4) is 0 Å². The standard InChI is InChI=1S/C16H24N5O7P/c1-4-16(3,24)29(25,26)28-6(2)7-11-9(22)10(23)15(27-11)21-13(7)20-8-12(17)18-5-19-14(8)21/h5-7,9-11,15,22-24H,4H2,1-3H3,(H,25,26)(H2,17,18,19)/t6?,7-,9+,10-,11?,15-,16?/m1/s1. The van der Waals surface area contributed by atoms with Gasteiger partial charge in [-0.2, -0.15) is 0 Å². The number of ether oxygens (including phenoxy) is 1. The number of aromatic nitrogens is 4. The molecule has 0 aliphatic carbocycles. The predicted octanol–water partition coefficient (Wildman–Crippen LogP) is -0.166. The van der Waals surface area contributed by atoms with Gasteiger partial charge in [-0.1, -0.05) is 6.92 Å². The Morgan fingerprint density at radius 2 is 2.10 bits per heavy atom. The van der Waals surface area contributed by atoms with Crippen LogP contribution in [-0.4, -0.2) is 69.5 Å². The van der Waals surface area contributed by atoms with Gasteiger partial charge in [-0.15, -0.1) is 0 Å². The second-order valence-electron chi connectivity index (χ2n) is 7.67. The van der Waals surface area contributed by atoms with Gasteiger partial charge >= 0.3 is 7.60 Å². The first-order valence-electron chi connectivity index (χ1n) is 9.23. The van der Waals surface area contributed by atoms with Gasteiger partial charge in [0.05, 0.1) is 12.0 Å². The highest BCUT2D eigenvalue weighted by Gasteiger charge is 2.57. The molecule has 2 aromatic heterocycles. The number of imidazole rings is 1. The lowest BCUT2D eigenvalue weighted by molar-refractivity contribution is -0.0831. The van der Waals surface area contributed by atoms with Crippen LogP contribution in [0.1, 0.15) is 45.2 Å². The Morgan fingerprint density at radius 1 is 1.41 bits per heavy atom. The van der Waals surface area contributed by atoms with Gasteiger partial charge in [-0.05, 0) is 20.3 Å². The Labute approximate surface area is 165 Å². The van der Waals surface area contributed by atoms with Gasteiger partial charge in [0.2, 0.25) is 0 Å². The van der Waals surface area contributed by atoms with Crippen molar-refractivity contribution in [3.8, 4) is 0 Å². The summed E-state index contributed by atoms with van der Waals surface area (Å²) in [4.78, 5) is 22.9. The number of rotatable bonds is 5. The molecular weight excluding hydrogens is 405 g/mol. The minimum Gasteiger partial charge on any atom is -0.387 e. The number of nitrogens with zero attached hydrogens (tertiary/aromatic N) is 4. The first-order valence-corrected chi connectivity index (χ1v) is 10.8. The van der Waals surface area contributed by atoms with Crippen molar-refractivity contribution in [1.82, 2.24) is 19.5 Å². The molecule has 4 unspecified atom stereocenters. The maximum atomic E-state index is 12.7. The molecule has 8 atom stereocenters. The molecule has 2 aromatic rings. The maximum absolute atomic E-state index is 12.7. The smallest absolute Gasteiger partial charge is 0.359 e. The van der Waals surface area contributed by atoms with E-state index in [4.69, 9.17) is 15.0 Å². The molecule has 13 heteroatoms. The van der Waals surface area contributed by atoms with E-state index in [1.807, 2.05) is 0 Å². The molecule has 12 nitrogen and oxygen atoms in total. The summed E-state index contributed by atoms with van der Waals surface area (Å²) in [6, 6.07) is 0. The number of nitrogens with two attached hydrogens (primary N) is 1. The Bertz CT molecular complexity index is 997. The third-order valence-electron chi connectivity index (χ3n) is 5.81. The molecule has 6 N–H and O–H groups in total. The molecule has 0 radical (unpaired) electrons. The minimum absolute atomic E-state index is 0.00780. The molecule has 2 bridgehead atoms. The highest BCUT2D eigenvalue weighted by molar-refractivity contribution is 7.54. The van der Waals surface area contributed by atoms with E-state index in [-0.39, 0.29) is 17.8 Å². The van der Waals surface area contributed by atoms with Gasteiger partial charge in [0.1, 0.15) is 30.5 Å². The molecule has 4 rings (SSSR count). The summed E-state index contributed by atoms with van der Waals surface area (Å²) in [6.45, 7) is 4.29. The number of nitrogen functional groups attached to an aromatic ring is 1. The maximum Gasteiger partial charge on any atom is 0.359 e. The number of anilines is 1. The lowest BCUT2D eigenvalue weighted by Gasteiger charge is -2.36. The zero-order valence-electron chi connectivity index (χ0n) is 16.1. The van der Waals surface area contributed by atoms with Crippen LogP contribution in [0.25, 0.3) is 11.2 Å². The fraction of sp³-hybridized carbons (Fsp3) is 0.688. The van der Waals surface area contributed by atoms with Crippen molar-refractivity contribution < 1.29 is 34.0 Å². The van der Waals surface area contributed by atoms with Crippen LogP contribution in [-0.2, 0) is 13.8 Å². The lowest BCUT2D eigenvalue weighted by atomic mass is 9.92. The van der Waals surface area contributed by atoms with E-state index >= 15 is 0 Å². The van der Waals surface area contributed by atoms with Crippen LogP contribution in [0.15, 0.2) is 6.33 Å². The normalized spacial score (nSPS) is 33.8. The number of hydrogen-bond acceptors (Lipinski definition) is 10. The summed E-state index contributed by atoms with van der Waals surface area (Å²) < 4.78 is 25.4. The van der Waals surface area contributed by atoms with Crippen LogP contribution < -0.4 is 5.73 Å². The third kappa shape index (κ3) is 2.90. The van der Waals surface area contributed by atoms with E-state index in [0.717, 1.165) is 0 Å². The first kappa shape index (κ1) is 20.6. The summed E-state index contributed by atoms with van der Waals surface area (Å²) >= 11 is 0. The quantitative estimate of drug-likeness (QED) is 0.397. The molecule has 4 heterocycles. The molecule has 0 amide bonds. The largest absolute Gasteiger partial charge is 0.387 e. The average Bonchev–Trinajstić information content (AvgIpc) is 3.15. The van der Waals surface area contributed by atoms with Crippen LogP contribution >= 0.6 is 7.60 Å². The fourth-order valence-corrected chi connectivity index (χ4v) is 5.06. The van der Waals surface area contributed by atoms with E-state index in [1.165, 1.54) is 24.7 Å². The van der Waals surface area contributed by atoms with Crippen molar-refractivity contribution in [3.05, 3.63) is 12.2 Å². The predicted molar refractivity (Wildman–Crippen MR) is 99.7 cm³/mol. The van der Waals surface area contributed by atoms with Gasteiger partial charge in [-0.3, -0.25) is 9.13 Å². The highest BCUT2D eigenvalue weighted by atomic mass is 31.2. The Kier molecular flexibility index (Phi) is 4.74. The first-order chi connectivity index (χ1) is 13.5. The minimum atomic E-state index is -4.47. The van der Waals surface area contributed by atoms with Gasteiger partial charge in [0.15, 0.2) is 28.6 Å². The van der Waals surface area contributed by atoms with Crippen LogP contribution in [0, 0.1) is 0 Å². The Morgan fingerprint density at radius 3 is 2.76 bits per heavy atom. The number of hydrogen-bond donors (Lipinski definition) is 5. The zero-order valence-corrected chi connectivity index (χ0v) is 17.0. The molecule has 2 aliphatic heterocycles. The molecule has 29 heavy (non-hydrogen) atoms. The van der Waals surface area contributed by atoms with Crippen molar-refractivity contribution in [2.24, 2.45) is 0 Å². The second-order valence-corrected chi connectivity index (χ2v) is 9.89. The van der Waals surface area contributed by atoms with E-state index < -0.39 is 49.5 Å². The van der Waals surface area contributed by atoms with Gasteiger partial charge in [0, 0.05) is 0 Å². The summed E-state index contributed by atoms with van der Waals surface area (Å²) in [7, 11) is -4.47. The van der Waals surface area contributed by atoms with Crippen molar-refractivity contribution in [3.63, 3.8) is 0 Å². The third-order valence-corrected chi connectivity index (χ3v) is 7.96. The van der Waals surface area contributed by atoms with Crippen molar-refractivity contribution >= 4 is 24.6 Å². The monoisotopic (exact) mass is 429 g/mol. The Balaban J connectivity index is 1.81. The van der Waals surface area contributed by atoms with Crippen LogP contribution in [0.5, 0.6) is 0 Å². The second kappa shape index (κ2) is 6.67. The average molecular weight is 429 g/mol. The van der Waals surface area contributed by atoms with Crippen molar-refractivity contribution in [1.29, 1.82) is 0 Å². The van der Waals surface area contributed by atoms with E-state index in [1.54, 1.807) is 6.92 Å². The topological polar surface area (TPSA) is 186 Å². The summed E-state index contributed by atoms with van der Waals surface area (Å²) in [6.07, 6.45) is -4.24. The lowest BCUT2D eigenvalue weighted by Crippen LogP contribution is -2.41. The van der Waals surface area contributed by atoms with Crippen molar-refractivity contribution in [2.75, 3.05) is 5.73 Å². The van der Waals surface area contributed by atoms with E-state index in [2.05, 4.69) is 15.0 Å².